The Hall–Kier alpha value is -2.83. The summed E-state index contributed by atoms with van der Waals surface area (Å²) in [6.07, 6.45) is 5.78. The molecule has 0 aliphatic carbocycles. The molecule has 31 heavy (non-hydrogen) atoms. The van der Waals surface area contributed by atoms with Gasteiger partial charge < -0.3 is 19.7 Å². The van der Waals surface area contributed by atoms with Crippen LogP contribution in [0, 0.1) is 0 Å². The van der Waals surface area contributed by atoms with E-state index in [2.05, 4.69) is 5.32 Å². The number of anilines is 1. The fraction of sp³-hybridized carbons (Fsp3) is 0.542. The molecule has 3 rings (SSSR count). The predicted molar refractivity (Wildman–Crippen MR) is 123 cm³/mol. The van der Waals surface area contributed by atoms with E-state index in [1.54, 1.807) is 4.90 Å². The molecule has 1 N–H and O–H groups in total. The SMILES string of the molecule is CCCC(=O)N1CCCCC1C(=O)Nc1ccc2c(ccn2CC(=O)N(CC)CC)c1. The molecule has 1 atom stereocenters. The molecule has 1 fully saturated rings. The van der Waals surface area contributed by atoms with E-state index in [0.29, 0.717) is 44.7 Å². The third-order valence-corrected chi connectivity index (χ3v) is 6.05. The lowest BCUT2D eigenvalue weighted by atomic mass is 10.0. The second kappa shape index (κ2) is 10.5. The summed E-state index contributed by atoms with van der Waals surface area (Å²) in [5.41, 5.74) is 1.66. The maximum absolute atomic E-state index is 13.0. The summed E-state index contributed by atoms with van der Waals surface area (Å²) in [6, 6.07) is 7.27. The summed E-state index contributed by atoms with van der Waals surface area (Å²) < 4.78 is 1.94. The van der Waals surface area contributed by atoms with Gasteiger partial charge in [-0.2, -0.15) is 0 Å². The van der Waals surface area contributed by atoms with E-state index in [0.717, 1.165) is 30.2 Å². The number of aromatic nitrogens is 1. The number of carbonyl (C=O) groups is 3. The van der Waals surface area contributed by atoms with E-state index in [4.69, 9.17) is 0 Å². The quantitative estimate of drug-likeness (QED) is 0.700. The average Bonchev–Trinajstić information content (AvgIpc) is 3.16. The number of hydrogen-bond donors (Lipinski definition) is 1. The van der Waals surface area contributed by atoms with Crippen LogP contribution in [0.1, 0.15) is 52.9 Å². The third-order valence-electron chi connectivity index (χ3n) is 6.05. The summed E-state index contributed by atoms with van der Waals surface area (Å²) in [6.45, 7) is 8.29. The van der Waals surface area contributed by atoms with Gasteiger partial charge in [0.25, 0.3) is 0 Å². The molecule has 1 aliphatic heterocycles. The Kier molecular flexibility index (Phi) is 7.71. The third kappa shape index (κ3) is 5.27. The van der Waals surface area contributed by atoms with Crippen LogP contribution >= 0.6 is 0 Å². The maximum atomic E-state index is 13.0. The molecule has 0 saturated carbocycles. The Balaban J connectivity index is 1.71. The van der Waals surface area contributed by atoms with Gasteiger partial charge >= 0.3 is 0 Å². The Labute approximate surface area is 184 Å². The highest BCUT2D eigenvalue weighted by Crippen LogP contribution is 2.23. The van der Waals surface area contributed by atoms with Crippen molar-refractivity contribution in [2.45, 2.75) is 65.5 Å². The molecule has 1 saturated heterocycles. The van der Waals surface area contributed by atoms with Crippen molar-refractivity contribution in [3.63, 3.8) is 0 Å². The molecule has 2 aromatic rings. The number of benzene rings is 1. The van der Waals surface area contributed by atoms with E-state index in [-0.39, 0.29) is 17.7 Å². The van der Waals surface area contributed by atoms with Crippen LogP contribution in [0.4, 0.5) is 5.69 Å². The lowest BCUT2D eigenvalue weighted by Crippen LogP contribution is -2.49. The highest BCUT2D eigenvalue weighted by molar-refractivity contribution is 5.99. The number of nitrogens with one attached hydrogen (secondary N) is 1. The zero-order chi connectivity index (χ0) is 22.4. The number of likely N-dealkylation sites (N-methyl/N-ethyl adjacent to an activating group) is 1. The Morgan fingerprint density at radius 2 is 1.87 bits per heavy atom. The molecule has 1 aliphatic rings. The second-order valence-electron chi connectivity index (χ2n) is 8.12. The lowest BCUT2D eigenvalue weighted by molar-refractivity contribution is -0.140. The van der Waals surface area contributed by atoms with Crippen molar-refractivity contribution in [2.24, 2.45) is 0 Å². The van der Waals surface area contributed by atoms with Crippen molar-refractivity contribution in [1.29, 1.82) is 0 Å². The summed E-state index contributed by atoms with van der Waals surface area (Å²) in [4.78, 5) is 41.4. The molecule has 3 amide bonds. The van der Waals surface area contributed by atoms with Crippen LogP contribution < -0.4 is 5.32 Å². The Morgan fingerprint density at radius 1 is 1.10 bits per heavy atom. The summed E-state index contributed by atoms with van der Waals surface area (Å²) in [5, 5.41) is 3.97. The summed E-state index contributed by atoms with van der Waals surface area (Å²) in [7, 11) is 0. The van der Waals surface area contributed by atoms with Gasteiger partial charge in [0.15, 0.2) is 0 Å². The molecule has 168 valence electrons. The lowest BCUT2D eigenvalue weighted by Gasteiger charge is -2.34. The largest absolute Gasteiger partial charge is 0.342 e. The van der Waals surface area contributed by atoms with Crippen LogP contribution in [0.15, 0.2) is 30.5 Å². The second-order valence-corrected chi connectivity index (χ2v) is 8.12. The number of nitrogens with zero attached hydrogens (tertiary/aromatic N) is 3. The minimum absolute atomic E-state index is 0.0627. The van der Waals surface area contributed by atoms with Crippen LogP contribution in [0.5, 0.6) is 0 Å². The number of piperidine rings is 1. The monoisotopic (exact) mass is 426 g/mol. The van der Waals surface area contributed by atoms with Crippen molar-refractivity contribution in [3.05, 3.63) is 30.5 Å². The average molecular weight is 427 g/mol. The van der Waals surface area contributed by atoms with Gasteiger partial charge in [0, 0.05) is 48.8 Å². The maximum Gasteiger partial charge on any atom is 0.247 e. The van der Waals surface area contributed by atoms with Gasteiger partial charge in [0.05, 0.1) is 0 Å². The van der Waals surface area contributed by atoms with Gasteiger partial charge in [-0.25, -0.2) is 0 Å². The van der Waals surface area contributed by atoms with Crippen LogP contribution in [0.25, 0.3) is 10.9 Å². The fourth-order valence-electron chi connectivity index (χ4n) is 4.32. The predicted octanol–water partition coefficient (Wildman–Crippen LogP) is 3.63. The number of carbonyl (C=O) groups excluding carboxylic acids is 3. The molecular formula is C24H34N4O3. The van der Waals surface area contributed by atoms with E-state index >= 15 is 0 Å². The number of likely N-dealkylation sites (tertiary alicyclic amines) is 1. The van der Waals surface area contributed by atoms with Gasteiger partial charge in [-0.3, -0.25) is 14.4 Å². The Bertz CT molecular complexity index is 932. The fourth-order valence-corrected chi connectivity index (χ4v) is 4.32. The van der Waals surface area contributed by atoms with Crippen LogP contribution in [0.2, 0.25) is 0 Å². The Morgan fingerprint density at radius 3 is 2.58 bits per heavy atom. The molecule has 0 bridgehead atoms. The first-order chi connectivity index (χ1) is 15.0. The standard InChI is InChI=1S/C24H34N4O3/c1-4-9-22(29)28-14-8-7-10-21(28)24(31)25-19-11-12-20-18(16-19)13-15-27(20)17-23(30)26(5-2)6-3/h11-13,15-16,21H,4-10,14,17H2,1-3H3,(H,25,31). The highest BCUT2D eigenvalue weighted by Gasteiger charge is 2.31. The normalized spacial score (nSPS) is 16.4. The molecule has 0 radical (unpaired) electrons. The van der Waals surface area contributed by atoms with Crippen molar-refractivity contribution in [3.8, 4) is 0 Å². The minimum Gasteiger partial charge on any atom is -0.342 e. The molecular weight excluding hydrogens is 392 g/mol. The minimum atomic E-state index is -0.403. The van der Waals surface area contributed by atoms with Gasteiger partial charge in [-0.1, -0.05) is 6.92 Å². The number of hydrogen-bond acceptors (Lipinski definition) is 3. The smallest absolute Gasteiger partial charge is 0.247 e. The molecule has 0 spiro atoms. The van der Waals surface area contributed by atoms with Crippen LogP contribution in [-0.2, 0) is 20.9 Å². The van der Waals surface area contributed by atoms with Gasteiger partial charge in [-0.05, 0) is 63.8 Å². The van der Waals surface area contributed by atoms with Crippen LogP contribution in [-0.4, -0.2) is 57.8 Å². The van der Waals surface area contributed by atoms with E-state index in [9.17, 15) is 14.4 Å². The molecule has 1 unspecified atom stereocenters. The first-order valence-corrected chi connectivity index (χ1v) is 11.4. The molecule has 2 heterocycles. The zero-order valence-electron chi connectivity index (χ0n) is 18.9. The van der Waals surface area contributed by atoms with Gasteiger partial charge in [0.1, 0.15) is 12.6 Å². The number of amides is 3. The van der Waals surface area contributed by atoms with E-state index in [1.165, 1.54) is 0 Å². The van der Waals surface area contributed by atoms with Crippen LogP contribution in [0.3, 0.4) is 0 Å². The summed E-state index contributed by atoms with van der Waals surface area (Å²) >= 11 is 0. The van der Waals surface area contributed by atoms with Crippen molar-refractivity contribution in [2.75, 3.05) is 25.0 Å². The topological polar surface area (TPSA) is 74.6 Å². The van der Waals surface area contributed by atoms with E-state index in [1.807, 2.05) is 60.7 Å². The molecule has 7 nitrogen and oxygen atoms in total. The number of rotatable bonds is 8. The summed E-state index contributed by atoms with van der Waals surface area (Å²) in [5.74, 6) is 0.0291. The van der Waals surface area contributed by atoms with Gasteiger partial charge in [0.2, 0.25) is 17.7 Å². The van der Waals surface area contributed by atoms with Crippen molar-refractivity contribution in [1.82, 2.24) is 14.4 Å². The highest BCUT2D eigenvalue weighted by atomic mass is 16.2. The first kappa shape index (κ1) is 22.8. The molecule has 1 aromatic carbocycles. The number of fused-ring (bicyclic) bond motifs is 1. The first-order valence-electron chi connectivity index (χ1n) is 11.4. The molecule has 7 heteroatoms. The van der Waals surface area contributed by atoms with Crippen molar-refractivity contribution < 1.29 is 14.4 Å². The van der Waals surface area contributed by atoms with Gasteiger partial charge in [-0.15, -0.1) is 0 Å². The van der Waals surface area contributed by atoms with E-state index < -0.39 is 6.04 Å². The molecule has 1 aromatic heterocycles. The van der Waals surface area contributed by atoms with Crippen molar-refractivity contribution >= 4 is 34.3 Å². The zero-order valence-corrected chi connectivity index (χ0v) is 18.9.